The van der Waals surface area contributed by atoms with Crippen molar-refractivity contribution in [1.29, 1.82) is 0 Å². The lowest BCUT2D eigenvalue weighted by molar-refractivity contribution is 0.112. The number of methoxy groups -OCH3 is 1. The molecular formula is C21H27N5O2. The minimum Gasteiger partial charge on any atom is -0.497 e. The highest BCUT2D eigenvalue weighted by atomic mass is 16.5. The minimum atomic E-state index is 0.695. The van der Waals surface area contributed by atoms with Crippen molar-refractivity contribution in [3.8, 4) is 17.0 Å². The highest BCUT2D eigenvalue weighted by Gasteiger charge is 2.21. The second kappa shape index (κ2) is 7.77. The molecule has 3 aromatic rings. The Labute approximate surface area is 165 Å². The zero-order valence-electron chi connectivity index (χ0n) is 16.8. The average molecular weight is 381 g/mol. The molecule has 0 unspecified atom stereocenters. The van der Waals surface area contributed by atoms with Crippen molar-refractivity contribution in [2.75, 3.05) is 46.9 Å². The first kappa shape index (κ1) is 18.7. The van der Waals surface area contributed by atoms with Crippen LogP contribution >= 0.6 is 0 Å². The average Bonchev–Trinajstić information content (AvgIpc) is 3.27. The summed E-state index contributed by atoms with van der Waals surface area (Å²) in [7, 11) is 5.71. The highest BCUT2D eigenvalue weighted by molar-refractivity contribution is 6.05. The summed E-state index contributed by atoms with van der Waals surface area (Å²) >= 11 is 0. The fourth-order valence-corrected chi connectivity index (χ4v) is 4.01. The van der Waals surface area contributed by atoms with Crippen molar-refractivity contribution in [3.63, 3.8) is 0 Å². The number of piperazine rings is 1. The van der Waals surface area contributed by atoms with Crippen molar-refractivity contribution >= 4 is 17.2 Å². The molecule has 7 heteroatoms. The first-order valence-corrected chi connectivity index (χ1v) is 9.66. The van der Waals surface area contributed by atoms with Gasteiger partial charge < -0.3 is 14.2 Å². The van der Waals surface area contributed by atoms with Crippen molar-refractivity contribution in [2.45, 2.75) is 6.54 Å². The topological polar surface area (TPSA) is 55.5 Å². The van der Waals surface area contributed by atoms with Gasteiger partial charge in [0, 0.05) is 74.5 Å². The summed E-state index contributed by atoms with van der Waals surface area (Å²) in [6.07, 6.45) is 4.74. The molecule has 1 aliphatic heterocycles. The van der Waals surface area contributed by atoms with Crippen LogP contribution in [0, 0.1) is 0 Å². The molecule has 0 amide bonds. The van der Waals surface area contributed by atoms with Gasteiger partial charge in [0.2, 0.25) is 0 Å². The van der Waals surface area contributed by atoms with Crippen molar-refractivity contribution in [3.05, 3.63) is 36.2 Å². The maximum absolute atomic E-state index is 12.1. The summed E-state index contributed by atoms with van der Waals surface area (Å²) in [5, 5.41) is 5.24. The molecule has 0 aliphatic carbocycles. The molecule has 0 bridgehead atoms. The Hall–Kier alpha value is -2.64. The molecule has 0 N–H and O–H groups in total. The number of aldehydes is 1. The second-order valence-corrected chi connectivity index (χ2v) is 7.46. The Morgan fingerprint density at radius 1 is 1.14 bits per heavy atom. The third-order valence-electron chi connectivity index (χ3n) is 5.64. The number of carbonyl (C=O) groups is 1. The van der Waals surface area contributed by atoms with Gasteiger partial charge in [0.1, 0.15) is 5.75 Å². The van der Waals surface area contributed by atoms with E-state index >= 15 is 0 Å². The van der Waals surface area contributed by atoms with Crippen LogP contribution in [0.3, 0.4) is 0 Å². The number of likely N-dealkylation sites (N-methyl/N-ethyl adjacent to an activating group) is 1. The van der Waals surface area contributed by atoms with E-state index in [9.17, 15) is 4.79 Å². The number of hydrogen-bond donors (Lipinski definition) is 0. The summed E-state index contributed by atoms with van der Waals surface area (Å²) in [4.78, 5) is 16.9. The Balaban J connectivity index is 1.77. The molecule has 1 aromatic carbocycles. The van der Waals surface area contributed by atoms with E-state index in [2.05, 4.69) is 26.5 Å². The van der Waals surface area contributed by atoms with Gasteiger partial charge in [-0.3, -0.25) is 14.4 Å². The van der Waals surface area contributed by atoms with Crippen LogP contribution in [0.5, 0.6) is 5.75 Å². The van der Waals surface area contributed by atoms with E-state index in [0.29, 0.717) is 5.56 Å². The largest absolute Gasteiger partial charge is 0.497 e. The molecule has 0 spiro atoms. The molecule has 0 radical (unpaired) electrons. The van der Waals surface area contributed by atoms with Gasteiger partial charge >= 0.3 is 0 Å². The number of benzene rings is 1. The fourth-order valence-electron chi connectivity index (χ4n) is 4.01. The number of aromatic nitrogens is 3. The lowest BCUT2D eigenvalue weighted by Crippen LogP contribution is -2.45. The molecule has 1 fully saturated rings. The first-order chi connectivity index (χ1) is 13.6. The molecule has 7 nitrogen and oxygen atoms in total. The molecule has 1 aliphatic rings. The summed E-state index contributed by atoms with van der Waals surface area (Å²) in [6, 6.07) is 5.95. The maximum Gasteiger partial charge on any atom is 0.152 e. The number of fused-ring (bicyclic) bond motifs is 1. The molecule has 148 valence electrons. The normalized spacial score (nSPS) is 16.0. The van der Waals surface area contributed by atoms with Gasteiger partial charge in [-0.25, -0.2) is 0 Å². The van der Waals surface area contributed by atoms with Crippen LogP contribution in [0.4, 0.5) is 0 Å². The summed E-state index contributed by atoms with van der Waals surface area (Å²) in [5.74, 6) is 0.754. The van der Waals surface area contributed by atoms with E-state index in [4.69, 9.17) is 4.74 Å². The molecule has 3 heterocycles. The monoisotopic (exact) mass is 381 g/mol. The van der Waals surface area contributed by atoms with Crippen LogP contribution in [0.1, 0.15) is 10.4 Å². The number of rotatable bonds is 6. The van der Waals surface area contributed by atoms with Gasteiger partial charge in [-0.1, -0.05) is 0 Å². The Morgan fingerprint density at radius 3 is 2.57 bits per heavy atom. The van der Waals surface area contributed by atoms with Gasteiger partial charge in [-0.15, -0.1) is 0 Å². The summed E-state index contributed by atoms with van der Waals surface area (Å²) in [5.41, 5.74) is 3.63. The third kappa shape index (κ3) is 3.43. The van der Waals surface area contributed by atoms with E-state index < -0.39 is 0 Å². The van der Waals surface area contributed by atoms with Gasteiger partial charge in [-0.05, 0) is 25.2 Å². The number of nitrogens with zero attached hydrogens (tertiary/aromatic N) is 5. The quantitative estimate of drug-likeness (QED) is 0.612. The number of carbonyl (C=O) groups excluding carboxylic acids is 1. The minimum absolute atomic E-state index is 0.695. The molecule has 28 heavy (non-hydrogen) atoms. The predicted molar refractivity (Wildman–Crippen MR) is 110 cm³/mol. The van der Waals surface area contributed by atoms with Gasteiger partial charge in [0.25, 0.3) is 0 Å². The Morgan fingerprint density at radius 2 is 1.93 bits per heavy atom. The zero-order valence-corrected chi connectivity index (χ0v) is 16.8. The smallest absolute Gasteiger partial charge is 0.152 e. The van der Waals surface area contributed by atoms with Gasteiger partial charge in [0.15, 0.2) is 6.29 Å². The Kier molecular flexibility index (Phi) is 5.19. The lowest BCUT2D eigenvalue weighted by atomic mass is 10.1. The first-order valence-electron chi connectivity index (χ1n) is 9.66. The van der Waals surface area contributed by atoms with Crippen LogP contribution in [0.15, 0.2) is 30.6 Å². The molecule has 0 saturated carbocycles. The fraction of sp³-hybridized carbons (Fsp3) is 0.429. The van der Waals surface area contributed by atoms with Crippen LogP contribution in [-0.4, -0.2) is 77.3 Å². The van der Waals surface area contributed by atoms with Crippen LogP contribution in [-0.2, 0) is 13.6 Å². The SMILES string of the molecule is COc1ccc2c(c1)c(C=O)c(-c1cnn(C)c1)n2CCN1CCN(C)CC1. The van der Waals surface area contributed by atoms with Gasteiger partial charge in [0.05, 0.1) is 19.0 Å². The van der Waals surface area contributed by atoms with E-state index in [1.165, 1.54) is 0 Å². The Bertz CT molecular complexity index is 982. The molecule has 1 saturated heterocycles. The summed E-state index contributed by atoms with van der Waals surface area (Å²) < 4.78 is 9.42. The molecule has 2 aromatic heterocycles. The zero-order chi connectivity index (χ0) is 19.7. The van der Waals surface area contributed by atoms with Crippen molar-refractivity contribution in [1.82, 2.24) is 24.1 Å². The highest BCUT2D eigenvalue weighted by Crippen LogP contribution is 2.34. The maximum atomic E-state index is 12.1. The second-order valence-electron chi connectivity index (χ2n) is 7.46. The third-order valence-corrected chi connectivity index (χ3v) is 5.64. The standard InChI is InChI=1S/C21H27N5O2/c1-23-6-8-25(9-7-23)10-11-26-20-5-4-17(28-3)12-18(20)19(15-27)21(26)16-13-22-24(2)14-16/h4-5,12-15H,6-11H2,1-3H3. The molecule has 0 atom stereocenters. The number of aryl methyl sites for hydroxylation is 1. The summed E-state index contributed by atoms with van der Waals surface area (Å²) in [6.45, 7) is 6.12. The van der Waals surface area contributed by atoms with E-state index in [1.54, 1.807) is 11.8 Å². The number of hydrogen-bond acceptors (Lipinski definition) is 5. The van der Waals surface area contributed by atoms with E-state index in [0.717, 1.165) is 73.5 Å². The van der Waals surface area contributed by atoms with Crippen LogP contribution < -0.4 is 4.74 Å². The lowest BCUT2D eigenvalue weighted by Gasteiger charge is -2.32. The van der Waals surface area contributed by atoms with Crippen molar-refractivity contribution < 1.29 is 9.53 Å². The molecular weight excluding hydrogens is 354 g/mol. The van der Waals surface area contributed by atoms with Gasteiger partial charge in [-0.2, -0.15) is 5.10 Å². The number of ether oxygens (including phenoxy) is 1. The van der Waals surface area contributed by atoms with E-state index in [1.807, 2.05) is 37.6 Å². The predicted octanol–water partition coefficient (Wildman–Crippen LogP) is 2.11. The van der Waals surface area contributed by atoms with Crippen molar-refractivity contribution in [2.24, 2.45) is 7.05 Å². The van der Waals surface area contributed by atoms with Crippen LogP contribution in [0.2, 0.25) is 0 Å². The van der Waals surface area contributed by atoms with E-state index in [-0.39, 0.29) is 0 Å². The van der Waals surface area contributed by atoms with Crippen LogP contribution in [0.25, 0.3) is 22.2 Å². The molecule has 4 rings (SSSR count).